The van der Waals surface area contributed by atoms with Crippen molar-refractivity contribution in [2.45, 2.75) is 0 Å². The highest BCUT2D eigenvalue weighted by molar-refractivity contribution is 5.77. The lowest BCUT2D eigenvalue weighted by atomic mass is 10.3. The van der Waals surface area contributed by atoms with Crippen LogP contribution in [0.1, 0.15) is 0 Å². The quantitative estimate of drug-likeness (QED) is 0.645. The van der Waals surface area contributed by atoms with Crippen molar-refractivity contribution >= 4 is 17.8 Å². The lowest BCUT2D eigenvalue weighted by molar-refractivity contribution is 0.415. The molecule has 0 bridgehead atoms. The summed E-state index contributed by atoms with van der Waals surface area (Å²) in [7, 11) is 1.64. The number of aromatic nitrogens is 1. The van der Waals surface area contributed by atoms with Crippen molar-refractivity contribution < 1.29 is 4.74 Å². The molecule has 2 aromatic rings. The van der Waals surface area contributed by atoms with Crippen molar-refractivity contribution in [1.82, 2.24) is 4.98 Å². The minimum Gasteiger partial charge on any atom is -0.497 e. The van der Waals surface area contributed by atoms with E-state index in [1.54, 1.807) is 19.6 Å². The summed E-state index contributed by atoms with van der Waals surface area (Å²) in [5, 5.41) is 3.06. The fourth-order valence-electron chi connectivity index (χ4n) is 1.29. The van der Waals surface area contributed by atoms with E-state index in [-0.39, 0.29) is 0 Å². The van der Waals surface area contributed by atoms with Gasteiger partial charge in [0.1, 0.15) is 5.75 Å². The Morgan fingerprint density at radius 3 is 2.65 bits per heavy atom. The maximum absolute atomic E-state index is 5.07. The highest BCUT2D eigenvalue weighted by Gasteiger charge is 1.91. The number of nitrogens with one attached hydrogen (secondary N) is 1. The number of methoxy groups -OCH3 is 1. The van der Waals surface area contributed by atoms with Crippen LogP contribution in [0.5, 0.6) is 5.75 Å². The molecular weight excluding hydrogens is 214 g/mol. The summed E-state index contributed by atoms with van der Waals surface area (Å²) in [6, 6.07) is 13.2. The normalized spacial score (nSPS) is 10.4. The van der Waals surface area contributed by atoms with Crippen LogP contribution in [-0.4, -0.2) is 18.4 Å². The number of anilines is 1. The summed E-state index contributed by atoms with van der Waals surface area (Å²) >= 11 is 0. The van der Waals surface area contributed by atoms with E-state index in [2.05, 4.69) is 15.3 Å². The van der Waals surface area contributed by atoms with Crippen LogP contribution in [0.2, 0.25) is 0 Å². The van der Waals surface area contributed by atoms with Gasteiger partial charge in [-0.1, -0.05) is 6.07 Å². The Kier molecular flexibility index (Phi) is 3.70. The molecule has 2 rings (SSSR count). The summed E-state index contributed by atoms with van der Waals surface area (Å²) in [5.74, 6) is 1.51. The Morgan fingerprint density at radius 1 is 1.18 bits per heavy atom. The second kappa shape index (κ2) is 5.65. The van der Waals surface area contributed by atoms with E-state index in [0.29, 0.717) is 5.82 Å². The molecule has 0 aliphatic carbocycles. The van der Waals surface area contributed by atoms with Gasteiger partial charge in [0.2, 0.25) is 0 Å². The van der Waals surface area contributed by atoms with E-state index >= 15 is 0 Å². The van der Waals surface area contributed by atoms with Gasteiger partial charge in [-0.2, -0.15) is 0 Å². The lowest BCUT2D eigenvalue weighted by Crippen LogP contribution is -1.94. The number of pyridine rings is 1. The van der Waals surface area contributed by atoms with Gasteiger partial charge in [-0.05, 0) is 36.4 Å². The number of benzene rings is 1. The van der Waals surface area contributed by atoms with E-state index in [1.807, 2.05) is 42.5 Å². The van der Waals surface area contributed by atoms with Crippen LogP contribution in [0.25, 0.3) is 0 Å². The number of ether oxygens (including phenoxy) is 1. The van der Waals surface area contributed by atoms with E-state index < -0.39 is 0 Å². The van der Waals surface area contributed by atoms with Crippen LogP contribution in [0.3, 0.4) is 0 Å². The Labute approximate surface area is 100.0 Å². The molecule has 0 saturated carbocycles. The average Bonchev–Trinajstić information content (AvgIpc) is 2.41. The van der Waals surface area contributed by atoms with E-state index in [9.17, 15) is 0 Å². The molecule has 1 heterocycles. The van der Waals surface area contributed by atoms with Crippen LogP contribution in [0.4, 0.5) is 11.5 Å². The first-order valence-electron chi connectivity index (χ1n) is 5.22. The summed E-state index contributed by atoms with van der Waals surface area (Å²) in [4.78, 5) is 8.25. The highest BCUT2D eigenvalue weighted by atomic mass is 16.5. The van der Waals surface area contributed by atoms with Crippen molar-refractivity contribution in [3.8, 4) is 5.75 Å². The largest absolute Gasteiger partial charge is 0.497 e. The molecule has 0 amide bonds. The molecule has 86 valence electrons. The molecule has 0 atom stereocenters. The topological polar surface area (TPSA) is 46.5 Å². The average molecular weight is 227 g/mol. The molecule has 0 fully saturated rings. The minimum absolute atomic E-state index is 0.675. The van der Waals surface area contributed by atoms with Gasteiger partial charge >= 0.3 is 0 Å². The lowest BCUT2D eigenvalue weighted by Gasteiger charge is -2.02. The second-order valence-corrected chi connectivity index (χ2v) is 3.32. The molecule has 0 unspecified atom stereocenters. The van der Waals surface area contributed by atoms with Gasteiger partial charge in [-0.15, -0.1) is 0 Å². The SMILES string of the molecule is COc1ccc(N/C=N/c2ccccn2)cc1. The molecular formula is C13H13N3O. The molecule has 1 aromatic carbocycles. The Bertz CT molecular complexity index is 480. The van der Waals surface area contributed by atoms with E-state index in [1.165, 1.54) is 0 Å². The predicted octanol–water partition coefficient (Wildman–Crippen LogP) is 2.86. The Morgan fingerprint density at radius 2 is 2.00 bits per heavy atom. The Balaban J connectivity index is 1.95. The van der Waals surface area contributed by atoms with Crippen LogP contribution < -0.4 is 10.1 Å². The number of hydrogen-bond donors (Lipinski definition) is 1. The number of aliphatic imine (C=N–C) groups is 1. The molecule has 0 aliphatic rings. The fourth-order valence-corrected chi connectivity index (χ4v) is 1.29. The molecule has 0 aliphatic heterocycles. The monoisotopic (exact) mass is 227 g/mol. The molecule has 1 N–H and O–H groups in total. The first-order chi connectivity index (χ1) is 8.38. The molecule has 0 saturated heterocycles. The van der Waals surface area contributed by atoms with Crippen LogP contribution >= 0.6 is 0 Å². The standard InChI is InChI=1S/C13H13N3O/c1-17-12-7-5-11(6-8-12)15-10-16-13-4-2-3-9-14-13/h2-10H,1H3,(H,14,15,16). The van der Waals surface area contributed by atoms with Crippen molar-refractivity contribution in [3.63, 3.8) is 0 Å². The third kappa shape index (κ3) is 3.31. The van der Waals surface area contributed by atoms with Gasteiger partial charge in [-0.25, -0.2) is 9.98 Å². The molecule has 17 heavy (non-hydrogen) atoms. The zero-order valence-corrected chi connectivity index (χ0v) is 9.50. The molecule has 0 spiro atoms. The van der Waals surface area contributed by atoms with Crippen LogP contribution in [0, 0.1) is 0 Å². The number of hydrogen-bond acceptors (Lipinski definition) is 3. The predicted molar refractivity (Wildman–Crippen MR) is 69.0 cm³/mol. The summed E-state index contributed by atoms with van der Waals surface area (Å²) in [5.41, 5.74) is 0.950. The van der Waals surface area contributed by atoms with Crippen LogP contribution in [0.15, 0.2) is 53.7 Å². The van der Waals surface area contributed by atoms with Crippen molar-refractivity contribution in [2.24, 2.45) is 4.99 Å². The summed E-state index contributed by atoms with van der Waals surface area (Å²) < 4.78 is 5.07. The Hall–Kier alpha value is -2.36. The minimum atomic E-state index is 0.675. The van der Waals surface area contributed by atoms with Gasteiger partial charge in [0.05, 0.1) is 13.4 Å². The summed E-state index contributed by atoms with van der Waals surface area (Å²) in [6.45, 7) is 0. The van der Waals surface area contributed by atoms with E-state index in [0.717, 1.165) is 11.4 Å². The van der Waals surface area contributed by atoms with Gasteiger partial charge < -0.3 is 10.1 Å². The molecule has 4 heteroatoms. The zero-order valence-electron chi connectivity index (χ0n) is 9.50. The number of rotatable bonds is 4. The summed E-state index contributed by atoms with van der Waals surface area (Å²) in [6.07, 6.45) is 3.32. The highest BCUT2D eigenvalue weighted by Crippen LogP contribution is 2.14. The van der Waals surface area contributed by atoms with Crippen molar-refractivity contribution in [2.75, 3.05) is 12.4 Å². The van der Waals surface area contributed by atoms with Gasteiger partial charge in [-0.3, -0.25) is 0 Å². The fraction of sp³-hybridized carbons (Fsp3) is 0.0769. The third-order valence-corrected chi connectivity index (χ3v) is 2.17. The van der Waals surface area contributed by atoms with Crippen molar-refractivity contribution in [3.05, 3.63) is 48.7 Å². The molecule has 1 aromatic heterocycles. The van der Waals surface area contributed by atoms with Gasteiger partial charge in [0, 0.05) is 11.9 Å². The smallest absolute Gasteiger partial charge is 0.153 e. The number of nitrogens with zero attached hydrogens (tertiary/aromatic N) is 2. The molecule has 4 nitrogen and oxygen atoms in total. The molecule has 0 radical (unpaired) electrons. The third-order valence-electron chi connectivity index (χ3n) is 2.17. The first kappa shape index (κ1) is 11.1. The van der Waals surface area contributed by atoms with E-state index in [4.69, 9.17) is 4.74 Å². The maximum atomic E-state index is 5.07. The van der Waals surface area contributed by atoms with Gasteiger partial charge in [0.15, 0.2) is 5.82 Å². The van der Waals surface area contributed by atoms with Crippen LogP contribution in [-0.2, 0) is 0 Å². The second-order valence-electron chi connectivity index (χ2n) is 3.32. The van der Waals surface area contributed by atoms with Gasteiger partial charge in [0.25, 0.3) is 0 Å². The first-order valence-corrected chi connectivity index (χ1v) is 5.22. The maximum Gasteiger partial charge on any atom is 0.153 e. The zero-order chi connectivity index (χ0) is 11.9. The van der Waals surface area contributed by atoms with Crippen molar-refractivity contribution in [1.29, 1.82) is 0 Å².